The largest absolute Gasteiger partial charge is 0.484 e. The molecule has 0 unspecified atom stereocenters. The molecule has 52 heavy (non-hydrogen) atoms. The molecule has 7 aromatic heterocycles. The minimum atomic E-state index is -1.18. The maximum Gasteiger partial charge on any atom is 0.346 e. The summed E-state index contributed by atoms with van der Waals surface area (Å²) in [6.07, 6.45) is 0.825. The molecule has 12 heteroatoms. The van der Waals surface area contributed by atoms with Gasteiger partial charge in [-0.15, -0.1) is 68.0 Å². The second kappa shape index (κ2) is 11.4. The number of hydrogen-bond donors (Lipinski definition) is 1. The van der Waals surface area contributed by atoms with Gasteiger partial charge in [0.15, 0.2) is 11.5 Å². The van der Waals surface area contributed by atoms with Gasteiger partial charge >= 0.3 is 5.97 Å². The Morgan fingerprint density at radius 2 is 1.35 bits per heavy atom. The third-order valence-corrected chi connectivity index (χ3v) is 17.7. The van der Waals surface area contributed by atoms with E-state index >= 15 is 0 Å². The molecule has 0 atom stereocenters. The minimum Gasteiger partial charge on any atom is -0.484 e. The van der Waals surface area contributed by atoms with Crippen LogP contribution >= 0.6 is 68.0 Å². The van der Waals surface area contributed by atoms with Crippen LogP contribution in [0.1, 0.15) is 22.9 Å². The highest BCUT2D eigenvalue weighted by molar-refractivity contribution is 7.41. The van der Waals surface area contributed by atoms with Crippen molar-refractivity contribution in [3.05, 3.63) is 94.4 Å². The van der Waals surface area contributed by atoms with Gasteiger partial charge in [0, 0.05) is 51.0 Å². The Hall–Kier alpha value is -4.74. The maximum absolute atomic E-state index is 11.6. The zero-order chi connectivity index (χ0) is 34.8. The summed E-state index contributed by atoms with van der Waals surface area (Å²) < 4.78 is 20.3. The molecular weight excluding hydrogens is 765 g/mol. The van der Waals surface area contributed by atoms with E-state index in [0.29, 0.717) is 18.8 Å². The van der Waals surface area contributed by atoms with Crippen molar-refractivity contribution in [3.8, 4) is 51.8 Å². The van der Waals surface area contributed by atoms with Crippen LogP contribution in [0.2, 0.25) is 0 Å². The SMILES string of the molecule is CC(=C(C#N)C(=O)O)c1cc2c(s1)-c1sc(-c3cc4sc5cc(-c6sc(-n7c8ccccc8c8ccccc87)c7c6OCCO7)sc5c4s3)cc1C2. The van der Waals surface area contributed by atoms with E-state index in [0.717, 1.165) is 43.7 Å². The highest BCUT2D eigenvalue weighted by atomic mass is 32.1. The number of para-hydroxylation sites is 2. The lowest BCUT2D eigenvalue weighted by molar-refractivity contribution is -0.132. The molecule has 6 nitrogen and oxygen atoms in total. The van der Waals surface area contributed by atoms with Gasteiger partial charge in [0.05, 0.1) is 30.2 Å². The topological polar surface area (TPSA) is 84.5 Å². The number of hydrogen-bond acceptors (Lipinski definition) is 10. The van der Waals surface area contributed by atoms with Crippen LogP contribution in [0.3, 0.4) is 0 Å². The maximum atomic E-state index is 11.6. The van der Waals surface area contributed by atoms with Crippen LogP contribution in [-0.2, 0) is 11.2 Å². The Balaban J connectivity index is 0.979. The Bertz CT molecular complexity index is 3020. The Morgan fingerprint density at radius 3 is 2.06 bits per heavy atom. The van der Waals surface area contributed by atoms with Gasteiger partial charge in [0.1, 0.15) is 29.9 Å². The lowest BCUT2D eigenvalue weighted by Crippen LogP contribution is -2.15. The number of allylic oxidation sites excluding steroid dienone is 1. The molecule has 8 heterocycles. The lowest BCUT2D eigenvalue weighted by Gasteiger charge is -2.17. The highest BCUT2D eigenvalue weighted by Crippen LogP contribution is 2.57. The monoisotopic (exact) mass is 786 g/mol. The highest BCUT2D eigenvalue weighted by Gasteiger charge is 2.31. The van der Waals surface area contributed by atoms with E-state index in [2.05, 4.69) is 77.4 Å². The van der Waals surface area contributed by atoms with Crippen LogP contribution in [0, 0.1) is 11.3 Å². The molecule has 9 aromatic rings. The van der Waals surface area contributed by atoms with Crippen LogP contribution in [-0.4, -0.2) is 28.9 Å². The van der Waals surface area contributed by atoms with Crippen molar-refractivity contribution in [3.63, 3.8) is 0 Å². The molecule has 2 aliphatic rings. The van der Waals surface area contributed by atoms with Gasteiger partial charge in [0.25, 0.3) is 0 Å². The van der Waals surface area contributed by atoms with Crippen LogP contribution < -0.4 is 9.47 Å². The van der Waals surface area contributed by atoms with E-state index in [-0.39, 0.29) is 5.57 Å². The molecule has 11 rings (SSSR count). The van der Waals surface area contributed by atoms with E-state index in [1.54, 1.807) is 29.6 Å². The number of fused-ring (bicyclic) bond motifs is 10. The zero-order valence-electron chi connectivity index (χ0n) is 27.1. The summed E-state index contributed by atoms with van der Waals surface area (Å²) >= 11 is 10.7. The summed E-state index contributed by atoms with van der Waals surface area (Å²) in [5.41, 5.74) is 5.16. The van der Waals surface area contributed by atoms with Crippen LogP contribution in [0.25, 0.3) is 80.4 Å². The number of thiophene rings is 6. The number of nitrogens with zero attached hydrogens (tertiary/aromatic N) is 2. The van der Waals surface area contributed by atoms with Gasteiger partial charge in [-0.25, -0.2) is 4.79 Å². The van der Waals surface area contributed by atoms with Gasteiger partial charge in [-0.3, -0.25) is 4.57 Å². The van der Waals surface area contributed by atoms with Gasteiger partial charge in [-0.2, -0.15) is 5.26 Å². The molecule has 1 aliphatic heterocycles. The summed E-state index contributed by atoms with van der Waals surface area (Å²) in [5.74, 6) is 0.480. The summed E-state index contributed by atoms with van der Waals surface area (Å²) in [6, 6.07) is 28.0. The fourth-order valence-electron chi connectivity index (χ4n) is 7.39. The predicted molar refractivity (Wildman–Crippen MR) is 219 cm³/mol. The smallest absolute Gasteiger partial charge is 0.346 e. The van der Waals surface area contributed by atoms with Crippen molar-refractivity contribution in [2.45, 2.75) is 13.3 Å². The summed E-state index contributed by atoms with van der Waals surface area (Å²) in [5, 5.41) is 22.4. The number of aromatic nitrogens is 1. The first-order valence-electron chi connectivity index (χ1n) is 16.4. The van der Waals surface area contributed by atoms with Crippen molar-refractivity contribution in [2.75, 3.05) is 13.2 Å². The average molecular weight is 787 g/mol. The quantitative estimate of drug-likeness (QED) is 0.139. The van der Waals surface area contributed by atoms with Crippen molar-refractivity contribution in [1.82, 2.24) is 4.57 Å². The number of aliphatic carboxylic acids is 1. The van der Waals surface area contributed by atoms with Gasteiger partial charge in [0.2, 0.25) is 0 Å². The van der Waals surface area contributed by atoms with Crippen molar-refractivity contribution >= 4 is 120 Å². The third-order valence-electron chi connectivity index (χ3n) is 9.73. The molecule has 0 spiro atoms. The Labute approximate surface area is 319 Å². The molecule has 1 aliphatic carbocycles. The van der Waals surface area contributed by atoms with Crippen molar-refractivity contribution in [2.24, 2.45) is 0 Å². The summed E-state index contributed by atoms with van der Waals surface area (Å²) in [4.78, 5) is 19.7. The van der Waals surface area contributed by atoms with E-state index in [1.165, 1.54) is 65.1 Å². The van der Waals surface area contributed by atoms with E-state index in [4.69, 9.17) is 9.47 Å². The number of rotatable bonds is 5. The first-order valence-corrected chi connectivity index (χ1v) is 21.3. The van der Waals surface area contributed by atoms with Crippen LogP contribution in [0.15, 0.2) is 78.4 Å². The van der Waals surface area contributed by atoms with Gasteiger partial charge < -0.3 is 14.6 Å². The molecular formula is C40H22N2O4S6. The number of carboxylic acids is 1. The number of nitriles is 1. The normalized spacial score (nSPS) is 14.0. The fourth-order valence-corrected chi connectivity index (χ4v) is 15.4. The number of ether oxygens (including phenoxy) is 2. The second-order valence-corrected chi connectivity index (χ2v) is 19.0. The van der Waals surface area contributed by atoms with Gasteiger partial charge in [-0.05, 0) is 60.0 Å². The molecule has 0 fully saturated rings. The van der Waals surface area contributed by atoms with Crippen molar-refractivity contribution in [1.29, 1.82) is 5.26 Å². The Kier molecular flexibility index (Phi) is 6.75. The summed E-state index contributed by atoms with van der Waals surface area (Å²) in [7, 11) is 0. The van der Waals surface area contributed by atoms with Crippen LogP contribution in [0.5, 0.6) is 11.5 Å². The lowest BCUT2D eigenvalue weighted by atomic mass is 10.1. The molecule has 0 amide bonds. The molecule has 0 radical (unpaired) electrons. The molecule has 252 valence electrons. The number of carboxylic acid groups (broad SMARTS) is 1. The number of carbonyl (C=O) groups is 1. The summed E-state index contributed by atoms with van der Waals surface area (Å²) in [6.45, 7) is 2.78. The molecule has 0 bridgehead atoms. The average Bonchev–Trinajstić information content (AvgIpc) is 4.00. The first-order chi connectivity index (χ1) is 25.4. The minimum absolute atomic E-state index is 0.197. The Morgan fingerprint density at radius 1 is 0.731 bits per heavy atom. The van der Waals surface area contributed by atoms with E-state index in [9.17, 15) is 15.2 Å². The van der Waals surface area contributed by atoms with Crippen molar-refractivity contribution < 1.29 is 19.4 Å². The molecule has 1 N–H and O–H groups in total. The molecule has 2 aromatic carbocycles. The van der Waals surface area contributed by atoms with E-state index < -0.39 is 5.97 Å². The molecule has 0 saturated heterocycles. The number of benzene rings is 2. The fraction of sp³-hybridized carbons (Fsp3) is 0.100. The zero-order valence-corrected chi connectivity index (χ0v) is 32.0. The van der Waals surface area contributed by atoms with Crippen LogP contribution in [0.4, 0.5) is 0 Å². The van der Waals surface area contributed by atoms with E-state index in [1.807, 2.05) is 51.4 Å². The molecule has 0 saturated carbocycles. The second-order valence-electron chi connectivity index (χ2n) is 12.7. The van der Waals surface area contributed by atoms with Gasteiger partial charge in [-0.1, -0.05) is 36.4 Å². The first kappa shape index (κ1) is 30.8. The predicted octanol–water partition coefficient (Wildman–Crippen LogP) is 12.5. The third kappa shape index (κ3) is 4.38. The standard InChI is InChI=1S/C40H22N2O4S6/c1-18(23(17-41)40(43)44)26-13-19-12-20-14-27(49-35(20)34(19)48-26)28-15-30-37(50-28)38-31(47-30)16-29(51-38)36-32-33(46-11-10-45-32)39(52-36)42-24-8-4-2-6-21(24)22-7-3-5-9-25(22)42/h2-9,13-16H,10-12H2,1H3,(H,43,44).